The first-order valence-electron chi connectivity index (χ1n) is 9.03. The first-order valence-corrected chi connectivity index (χ1v) is 9.03. The number of carbonyl (C=O) groups excluding carboxylic acids is 1. The van der Waals surface area contributed by atoms with Gasteiger partial charge in [-0.1, -0.05) is 26.8 Å². The van der Waals surface area contributed by atoms with Crippen molar-refractivity contribution < 1.29 is 9.90 Å². The van der Waals surface area contributed by atoms with Crippen LogP contribution >= 0.6 is 0 Å². The molecule has 3 N–H and O–H groups in total. The maximum absolute atomic E-state index is 12.7. The Balaban J connectivity index is 2.00. The monoisotopic (exact) mass is 381 g/mol. The number of phenols is 1. The summed E-state index contributed by atoms with van der Waals surface area (Å²) in [4.78, 5) is 39.0. The van der Waals surface area contributed by atoms with Gasteiger partial charge >= 0.3 is 11.1 Å². The molecule has 0 aliphatic rings. The fraction of sp³-hybridized carbons (Fsp3) is 0.286. The Morgan fingerprint density at radius 2 is 1.86 bits per heavy atom. The molecule has 0 spiro atoms. The largest absolute Gasteiger partial charge is 0.506 e. The molecule has 0 aliphatic heterocycles. The molecule has 2 aromatic carbocycles. The maximum atomic E-state index is 12.7. The summed E-state index contributed by atoms with van der Waals surface area (Å²) in [7, 11) is 0. The van der Waals surface area contributed by atoms with Gasteiger partial charge < -0.3 is 20.0 Å². The van der Waals surface area contributed by atoms with E-state index in [-0.39, 0.29) is 11.2 Å². The van der Waals surface area contributed by atoms with Crippen LogP contribution in [-0.4, -0.2) is 20.6 Å². The highest BCUT2D eigenvalue weighted by atomic mass is 16.3. The van der Waals surface area contributed by atoms with E-state index >= 15 is 0 Å². The molecule has 1 heterocycles. The molecular formula is C21H23N3O4. The van der Waals surface area contributed by atoms with Gasteiger partial charge in [-0.3, -0.25) is 14.4 Å². The minimum Gasteiger partial charge on any atom is -0.506 e. The first-order chi connectivity index (χ1) is 13.1. The third-order valence-electron chi connectivity index (χ3n) is 4.66. The van der Waals surface area contributed by atoms with Crippen LogP contribution in [0, 0.1) is 0 Å². The van der Waals surface area contributed by atoms with E-state index in [1.807, 2.05) is 26.8 Å². The number of anilines is 1. The van der Waals surface area contributed by atoms with E-state index in [4.69, 9.17) is 0 Å². The Morgan fingerprint density at radius 3 is 2.50 bits per heavy atom. The van der Waals surface area contributed by atoms with Gasteiger partial charge in [0.2, 0.25) is 0 Å². The molecular weight excluding hydrogens is 358 g/mol. The first kappa shape index (κ1) is 19.4. The quantitative estimate of drug-likeness (QED) is 0.479. The molecule has 0 atom stereocenters. The number of rotatable bonds is 3. The summed E-state index contributed by atoms with van der Waals surface area (Å²) < 4.78 is 1.36. The Hall–Kier alpha value is -3.35. The van der Waals surface area contributed by atoms with Crippen LogP contribution in [0.5, 0.6) is 5.75 Å². The highest BCUT2D eigenvalue weighted by Gasteiger charge is 2.17. The van der Waals surface area contributed by atoms with Crippen LogP contribution in [-0.2, 0) is 12.0 Å². The summed E-state index contributed by atoms with van der Waals surface area (Å²) in [5.41, 5.74) is 1.01. The van der Waals surface area contributed by atoms with Crippen LogP contribution < -0.4 is 16.4 Å². The maximum Gasteiger partial charge on any atom is 0.316 e. The molecule has 0 saturated carbocycles. The fourth-order valence-electron chi connectivity index (χ4n) is 3.03. The standard InChI is InChI=1S/C21H23N3O4/c1-5-24-16-8-6-12(10-14(16)22-19(27)20(24)28)18(26)23-15-11-13(21(2,3)4)7-9-17(15)25/h6-11,25H,5H2,1-4H3,(H,22,27)(H,23,26). The van der Waals surface area contributed by atoms with Crippen LogP contribution in [0.3, 0.4) is 0 Å². The summed E-state index contributed by atoms with van der Waals surface area (Å²) in [6.45, 7) is 8.23. The molecule has 3 rings (SSSR count). The zero-order valence-electron chi connectivity index (χ0n) is 16.3. The van der Waals surface area contributed by atoms with E-state index < -0.39 is 17.0 Å². The summed E-state index contributed by atoms with van der Waals surface area (Å²) in [6, 6.07) is 9.82. The van der Waals surface area contributed by atoms with Crippen molar-refractivity contribution in [2.45, 2.75) is 39.7 Å². The Labute approximate surface area is 161 Å². The minimum atomic E-state index is -0.734. The molecule has 7 nitrogen and oxygen atoms in total. The average Bonchev–Trinajstić information content (AvgIpc) is 2.63. The molecule has 146 valence electrons. The van der Waals surface area contributed by atoms with E-state index in [0.717, 1.165) is 5.56 Å². The van der Waals surface area contributed by atoms with Gasteiger partial charge in [0.15, 0.2) is 0 Å². The highest BCUT2D eigenvalue weighted by Crippen LogP contribution is 2.31. The topological polar surface area (TPSA) is 104 Å². The molecule has 1 amide bonds. The summed E-state index contributed by atoms with van der Waals surface area (Å²) in [5, 5.41) is 12.8. The van der Waals surface area contributed by atoms with E-state index in [1.165, 1.54) is 10.6 Å². The van der Waals surface area contributed by atoms with Crippen molar-refractivity contribution in [2.75, 3.05) is 5.32 Å². The number of hydrogen-bond acceptors (Lipinski definition) is 4. The number of phenolic OH excluding ortho intramolecular Hbond substituents is 1. The molecule has 1 aromatic heterocycles. The van der Waals surface area contributed by atoms with Crippen molar-refractivity contribution >= 4 is 22.6 Å². The number of aromatic hydroxyl groups is 1. The van der Waals surface area contributed by atoms with Crippen LogP contribution in [0.1, 0.15) is 43.6 Å². The Morgan fingerprint density at radius 1 is 1.14 bits per heavy atom. The predicted molar refractivity (Wildman–Crippen MR) is 109 cm³/mol. The number of nitrogens with zero attached hydrogens (tertiary/aromatic N) is 1. The van der Waals surface area contributed by atoms with E-state index in [0.29, 0.717) is 28.8 Å². The van der Waals surface area contributed by atoms with Gasteiger partial charge in [-0.2, -0.15) is 0 Å². The van der Waals surface area contributed by atoms with Crippen LogP contribution in [0.15, 0.2) is 46.0 Å². The normalized spacial score (nSPS) is 11.6. The van der Waals surface area contributed by atoms with Crippen LogP contribution in [0.2, 0.25) is 0 Å². The number of aromatic nitrogens is 2. The second-order valence-electron chi connectivity index (χ2n) is 7.67. The van der Waals surface area contributed by atoms with Gasteiger partial charge in [-0.25, -0.2) is 0 Å². The number of aromatic amines is 1. The smallest absolute Gasteiger partial charge is 0.316 e. The number of carbonyl (C=O) groups is 1. The third-order valence-corrected chi connectivity index (χ3v) is 4.66. The third kappa shape index (κ3) is 3.55. The van der Waals surface area contributed by atoms with Crippen LogP contribution in [0.25, 0.3) is 11.0 Å². The molecule has 28 heavy (non-hydrogen) atoms. The van der Waals surface area contributed by atoms with E-state index in [2.05, 4.69) is 10.3 Å². The molecule has 7 heteroatoms. The van der Waals surface area contributed by atoms with Gasteiger partial charge in [0.1, 0.15) is 5.75 Å². The molecule has 0 unspecified atom stereocenters. The number of aryl methyl sites for hydroxylation is 1. The number of amides is 1. The SMILES string of the molecule is CCn1c(=O)c(=O)[nH]c2cc(C(=O)Nc3cc(C(C)(C)C)ccc3O)ccc21. The fourth-order valence-corrected chi connectivity index (χ4v) is 3.03. The second kappa shape index (κ2) is 6.99. The molecule has 0 saturated heterocycles. The van der Waals surface area contributed by atoms with Gasteiger partial charge in [-0.15, -0.1) is 0 Å². The average molecular weight is 381 g/mol. The lowest BCUT2D eigenvalue weighted by molar-refractivity contribution is 0.102. The summed E-state index contributed by atoms with van der Waals surface area (Å²) in [6.07, 6.45) is 0. The Bertz CT molecular complexity index is 1180. The lowest BCUT2D eigenvalue weighted by Gasteiger charge is -2.20. The summed E-state index contributed by atoms with van der Waals surface area (Å²) in [5.74, 6) is -0.464. The van der Waals surface area contributed by atoms with Crippen molar-refractivity contribution in [1.82, 2.24) is 9.55 Å². The minimum absolute atomic E-state index is 0.0321. The van der Waals surface area contributed by atoms with Crippen molar-refractivity contribution in [3.05, 3.63) is 68.2 Å². The molecule has 0 aliphatic carbocycles. The number of benzene rings is 2. The van der Waals surface area contributed by atoms with Crippen molar-refractivity contribution in [2.24, 2.45) is 0 Å². The lowest BCUT2D eigenvalue weighted by Crippen LogP contribution is -2.36. The van der Waals surface area contributed by atoms with Gasteiger partial charge in [0.05, 0.1) is 16.7 Å². The zero-order chi connectivity index (χ0) is 20.6. The number of H-pyrrole nitrogens is 1. The lowest BCUT2D eigenvalue weighted by atomic mass is 9.87. The van der Waals surface area contributed by atoms with Crippen molar-refractivity contribution in [3.8, 4) is 5.75 Å². The second-order valence-corrected chi connectivity index (χ2v) is 7.67. The van der Waals surface area contributed by atoms with Crippen molar-refractivity contribution in [1.29, 1.82) is 0 Å². The van der Waals surface area contributed by atoms with Gasteiger partial charge in [-0.05, 0) is 48.2 Å². The highest BCUT2D eigenvalue weighted by molar-refractivity contribution is 6.06. The molecule has 3 aromatic rings. The number of hydrogen-bond donors (Lipinski definition) is 3. The van der Waals surface area contributed by atoms with E-state index in [1.54, 1.807) is 31.2 Å². The zero-order valence-corrected chi connectivity index (χ0v) is 16.3. The summed E-state index contributed by atoms with van der Waals surface area (Å²) >= 11 is 0. The molecule has 0 radical (unpaired) electrons. The van der Waals surface area contributed by atoms with Crippen molar-refractivity contribution in [3.63, 3.8) is 0 Å². The molecule has 0 fully saturated rings. The van der Waals surface area contributed by atoms with E-state index in [9.17, 15) is 19.5 Å². The molecule has 0 bridgehead atoms. The van der Waals surface area contributed by atoms with Gasteiger partial charge in [0, 0.05) is 12.1 Å². The predicted octanol–water partition coefficient (Wildman–Crippen LogP) is 2.97. The number of fused-ring (bicyclic) bond motifs is 1. The Kier molecular flexibility index (Phi) is 4.85. The van der Waals surface area contributed by atoms with Gasteiger partial charge in [0.25, 0.3) is 5.91 Å². The van der Waals surface area contributed by atoms with Crippen LogP contribution in [0.4, 0.5) is 5.69 Å². The number of nitrogens with one attached hydrogen (secondary N) is 2.